The van der Waals surface area contributed by atoms with Crippen molar-refractivity contribution < 1.29 is 43.4 Å². The predicted octanol–water partition coefficient (Wildman–Crippen LogP) is 2.15. The van der Waals surface area contributed by atoms with E-state index in [9.17, 15) is 40.5 Å². The molecule has 0 unspecified atom stereocenters. The smallest absolute Gasteiger partial charge is 0.239 e. The Labute approximate surface area is 208 Å². The van der Waals surface area contributed by atoms with E-state index in [1.807, 2.05) is 0 Å². The zero-order chi connectivity index (χ0) is 28.8. The van der Waals surface area contributed by atoms with Gasteiger partial charge in [0.05, 0.1) is 0 Å². The largest absolute Gasteiger partial charge is 0.348 e. The van der Waals surface area contributed by atoms with Gasteiger partial charge in [0.2, 0.25) is 22.2 Å². The Hall–Kier alpha value is -2.60. The summed E-state index contributed by atoms with van der Waals surface area (Å²) in [5.41, 5.74) is -4.75. The highest BCUT2D eigenvalue weighted by atomic mass is 16.7. The Morgan fingerprint density at radius 1 is 0.417 bits per heavy atom. The first kappa shape index (κ1) is 35.6. The van der Waals surface area contributed by atoms with E-state index >= 15 is 0 Å². The summed E-state index contributed by atoms with van der Waals surface area (Å²) in [5, 5.41) is 42.2. The van der Waals surface area contributed by atoms with Crippen LogP contribution in [0, 0.1) is 40.5 Å². The molecule has 0 atom stereocenters. The Balaban J connectivity index is 0. The molecule has 0 aromatic carbocycles. The van der Waals surface area contributed by atoms with E-state index in [4.69, 9.17) is 23.7 Å². The quantitative estimate of drug-likeness (QED) is 0.107. The Bertz CT molecular complexity index is 668. The lowest BCUT2D eigenvalue weighted by molar-refractivity contribution is -0.569. The van der Waals surface area contributed by atoms with Gasteiger partial charge >= 0.3 is 0 Å². The van der Waals surface area contributed by atoms with Crippen molar-refractivity contribution in [3.8, 4) is 0 Å². The van der Waals surface area contributed by atoms with Crippen molar-refractivity contribution in [2.45, 2.75) is 77.5 Å². The fourth-order valence-corrected chi connectivity index (χ4v) is 1.59. The van der Waals surface area contributed by atoms with Crippen molar-refractivity contribution >= 4 is 0 Å². The second-order valence-corrected chi connectivity index (χ2v) is 10.2. The molecule has 212 valence electrons. The second kappa shape index (κ2) is 15.5. The van der Waals surface area contributed by atoms with Gasteiger partial charge in [-0.3, -0.25) is 40.5 Å². The summed E-state index contributed by atoms with van der Waals surface area (Å²) in [6.45, 7) is 10.5. The van der Waals surface area contributed by atoms with E-state index in [-0.39, 0.29) is 46.8 Å². The van der Waals surface area contributed by atoms with Crippen LogP contribution in [0.3, 0.4) is 0 Å². The van der Waals surface area contributed by atoms with Crippen molar-refractivity contribution in [3.05, 3.63) is 40.5 Å². The Morgan fingerprint density at radius 2 is 0.583 bits per heavy atom. The molecule has 0 rings (SSSR count). The molecule has 0 aliphatic carbocycles. The third-order valence-electron chi connectivity index (χ3n) is 4.30. The van der Waals surface area contributed by atoms with E-state index in [1.165, 1.54) is 55.4 Å². The van der Waals surface area contributed by atoms with Gasteiger partial charge < -0.3 is 23.7 Å². The average molecular weight is 531 g/mol. The summed E-state index contributed by atoms with van der Waals surface area (Å²) in [5.74, 6) is 0. The van der Waals surface area contributed by atoms with Gasteiger partial charge in [0.25, 0.3) is 0 Å². The van der Waals surface area contributed by atoms with Gasteiger partial charge in [-0.15, -0.1) is 0 Å². The van der Waals surface area contributed by atoms with E-state index in [0.29, 0.717) is 0 Å². The normalized spacial score (nSPS) is 12.4. The van der Waals surface area contributed by atoms with Gasteiger partial charge in [0.15, 0.2) is 0 Å². The lowest BCUT2D eigenvalue weighted by Gasteiger charge is -2.17. The van der Waals surface area contributed by atoms with E-state index in [1.54, 1.807) is 0 Å². The van der Waals surface area contributed by atoms with Crippen molar-refractivity contribution in [1.29, 1.82) is 0 Å². The van der Waals surface area contributed by atoms with Crippen molar-refractivity contribution in [3.63, 3.8) is 0 Å². The molecular formula is C19H38N4O13. The molecule has 0 aromatic rings. The van der Waals surface area contributed by atoms with Crippen LogP contribution in [0.1, 0.15) is 55.4 Å². The van der Waals surface area contributed by atoms with Crippen LogP contribution >= 0.6 is 0 Å². The number of hydrogen-bond acceptors (Lipinski definition) is 13. The first-order valence-electron chi connectivity index (χ1n) is 10.7. The molecule has 0 aliphatic rings. The summed E-state index contributed by atoms with van der Waals surface area (Å²) in [6.07, 6.45) is 0. The highest BCUT2D eigenvalue weighted by Crippen LogP contribution is 2.11. The molecule has 0 fully saturated rings. The molecule has 0 aliphatic heterocycles. The van der Waals surface area contributed by atoms with Gasteiger partial charge in [-0.1, -0.05) is 0 Å². The SMILES string of the molecule is CC(C)(COCOCC(C)(C)[N+](=O)[O-])[N+](=O)[O-].CC(C)(COCOCOCC(C)(C)[N+](=O)[O-])[N+](=O)[O-]. The lowest BCUT2D eigenvalue weighted by atomic mass is 10.1. The zero-order valence-corrected chi connectivity index (χ0v) is 22.0. The van der Waals surface area contributed by atoms with Gasteiger partial charge in [0, 0.05) is 75.1 Å². The molecule has 0 heterocycles. The van der Waals surface area contributed by atoms with Crippen LogP contribution in [0.5, 0.6) is 0 Å². The Morgan fingerprint density at radius 3 is 0.750 bits per heavy atom. The monoisotopic (exact) mass is 530 g/mol. The summed E-state index contributed by atoms with van der Waals surface area (Å²) in [6, 6.07) is 0. The number of ether oxygens (including phenoxy) is 5. The number of nitrogens with zero attached hydrogens (tertiary/aromatic N) is 4. The van der Waals surface area contributed by atoms with E-state index in [0.717, 1.165) is 0 Å². The lowest BCUT2D eigenvalue weighted by Crippen LogP contribution is -2.38. The molecule has 0 N–H and O–H groups in total. The van der Waals surface area contributed by atoms with Gasteiger partial charge in [-0.2, -0.15) is 0 Å². The fourth-order valence-electron chi connectivity index (χ4n) is 1.59. The van der Waals surface area contributed by atoms with Crippen LogP contribution in [0.2, 0.25) is 0 Å². The fraction of sp³-hybridized carbons (Fsp3) is 1.00. The average Bonchev–Trinajstić information content (AvgIpc) is 2.72. The standard InChI is InChI=1S/C10H20N2O7.C9H18N2O6/c1-9(2,11(13)14)5-17-7-19-8-18-6-10(3,4)12(15)16;1-8(2,10(12)13)5-16-7-17-6-9(3,4)11(14)15/h5-8H2,1-4H3;5-7H2,1-4H3. The third-order valence-corrected chi connectivity index (χ3v) is 4.30. The zero-order valence-electron chi connectivity index (χ0n) is 22.0. The first-order valence-corrected chi connectivity index (χ1v) is 10.7. The number of rotatable bonds is 18. The molecule has 0 saturated heterocycles. The minimum Gasteiger partial charge on any atom is -0.348 e. The summed E-state index contributed by atoms with van der Waals surface area (Å²) >= 11 is 0. The minimum atomic E-state index is -1.19. The van der Waals surface area contributed by atoms with Crippen molar-refractivity contribution in [2.24, 2.45) is 0 Å². The number of nitro groups is 4. The molecule has 0 bridgehead atoms. The van der Waals surface area contributed by atoms with Crippen LogP contribution in [0.4, 0.5) is 0 Å². The third kappa shape index (κ3) is 15.4. The second-order valence-electron chi connectivity index (χ2n) is 10.2. The van der Waals surface area contributed by atoms with Crippen LogP contribution in [-0.4, -0.2) is 88.7 Å². The van der Waals surface area contributed by atoms with Gasteiger partial charge in [-0.05, 0) is 0 Å². The van der Waals surface area contributed by atoms with E-state index < -0.39 is 41.8 Å². The molecular weight excluding hydrogens is 492 g/mol. The maximum absolute atomic E-state index is 10.6. The van der Waals surface area contributed by atoms with Crippen molar-refractivity contribution in [1.82, 2.24) is 0 Å². The summed E-state index contributed by atoms with van der Waals surface area (Å²) in [4.78, 5) is 40.4. The molecule has 0 saturated carbocycles. The maximum Gasteiger partial charge on any atom is 0.239 e. The van der Waals surface area contributed by atoms with Crippen LogP contribution in [0.15, 0.2) is 0 Å². The molecule has 0 spiro atoms. The topological polar surface area (TPSA) is 219 Å². The predicted molar refractivity (Wildman–Crippen MR) is 124 cm³/mol. The molecule has 17 nitrogen and oxygen atoms in total. The summed E-state index contributed by atoms with van der Waals surface area (Å²) < 4.78 is 24.7. The maximum atomic E-state index is 10.6. The van der Waals surface area contributed by atoms with Gasteiger partial charge in [-0.25, -0.2) is 0 Å². The number of hydrogen-bond donors (Lipinski definition) is 0. The van der Waals surface area contributed by atoms with Crippen LogP contribution in [0.25, 0.3) is 0 Å². The highest BCUT2D eigenvalue weighted by molar-refractivity contribution is 4.67. The first-order chi connectivity index (χ1) is 16.2. The van der Waals surface area contributed by atoms with Gasteiger partial charge in [0.1, 0.15) is 46.8 Å². The molecule has 17 heteroatoms. The molecule has 0 radical (unpaired) electrons. The van der Waals surface area contributed by atoms with Crippen LogP contribution in [-0.2, 0) is 23.7 Å². The highest BCUT2D eigenvalue weighted by Gasteiger charge is 2.33. The van der Waals surface area contributed by atoms with Crippen molar-refractivity contribution in [2.75, 3.05) is 46.8 Å². The molecule has 0 amide bonds. The molecule has 36 heavy (non-hydrogen) atoms. The summed E-state index contributed by atoms with van der Waals surface area (Å²) in [7, 11) is 0. The Kier molecular flexibility index (Phi) is 15.3. The van der Waals surface area contributed by atoms with Crippen LogP contribution < -0.4 is 0 Å². The minimum absolute atomic E-state index is 0.0968. The molecule has 0 aromatic heterocycles. The van der Waals surface area contributed by atoms with E-state index in [2.05, 4.69) is 0 Å².